The molecule has 1 aliphatic rings. The lowest BCUT2D eigenvalue weighted by atomic mass is 9.99. The Kier molecular flexibility index (Phi) is 24.3. The lowest BCUT2D eigenvalue weighted by molar-refractivity contribution is -0.302. The molecule has 6 N–H and O–H groups in total. The average molecular weight is 616 g/mol. The number of nitrogens with one attached hydrogen (secondary N) is 1. The molecule has 9 nitrogen and oxygen atoms in total. The van der Waals surface area contributed by atoms with Crippen LogP contribution in [0.3, 0.4) is 0 Å². The Balaban J connectivity index is 2.52. The third-order valence-corrected chi connectivity index (χ3v) is 8.36. The number of hydrogen-bond acceptors (Lipinski definition) is 8. The predicted molar refractivity (Wildman–Crippen MR) is 170 cm³/mol. The average Bonchev–Trinajstić information content (AvgIpc) is 3.00. The van der Waals surface area contributed by atoms with E-state index in [1.54, 1.807) is 6.08 Å². The van der Waals surface area contributed by atoms with Crippen LogP contribution in [0.4, 0.5) is 0 Å². The minimum atomic E-state index is -1.56. The summed E-state index contributed by atoms with van der Waals surface area (Å²) >= 11 is 0. The number of aliphatic hydroxyl groups is 5. The summed E-state index contributed by atoms with van der Waals surface area (Å²) in [5, 5.41) is 53.6. The molecule has 0 bridgehead atoms. The summed E-state index contributed by atoms with van der Waals surface area (Å²) in [4.78, 5) is 12.7. The van der Waals surface area contributed by atoms with Gasteiger partial charge in [0.15, 0.2) is 6.29 Å². The number of ether oxygens (including phenoxy) is 2. The van der Waals surface area contributed by atoms with Gasteiger partial charge in [-0.05, 0) is 19.3 Å². The SMILES string of the molecule is CCCCCCCCCCCC/C=C/[C@@H](O)[C@H](CO[C@@H]1O[C@H](CO)[C@H](O)C(O)C1O)NC(=O)CCCCCCCCCC. The van der Waals surface area contributed by atoms with Crippen molar-refractivity contribution in [2.45, 2.75) is 185 Å². The number of rotatable bonds is 27. The van der Waals surface area contributed by atoms with Crippen molar-refractivity contribution in [2.24, 2.45) is 0 Å². The van der Waals surface area contributed by atoms with Gasteiger partial charge in [-0.2, -0.15) is 0 Å². The molecule has 2 unspecified atom stereocenters. The highest BCUT2D eigenvalue weighted by Gasteiger charge is 2.44. The summed E-state index contributed by atoms with van der Waals surface area (Å²) in [6.07, 6.45) is 18.4. The maximum Gasteiger partial charge on any atom is 0.220 e. The molecule has 9 heteroatoms. The first-order valence-corrected chi connectivity index (χ1v) is 17.4. The third-order valence-electron chi connectivity index (χ3n) is 8.36. The molecular formula is C34H65NO8. The maximum atomic E-state index is 12.7. The first kappa shape index (κ1) is 40.0. The van der Waals surface area contributed by atoms with Crippen LogP contribution < -0.4 is 5.32 Å². The molecule has 0 saturated carbocycles. The van der Waals surface area contributed by atoms with Crippen molar-refractivity contribution in [1.82, 2.24) is 5.32 Å². The Labute approximate surface area is 261 Å². The zero-order chi connectivity index (χ0) is 31.7. The number of carbonyl (C=O) groups excluding carboxylic acids is 1. The fourth-order valence-electron chi connectivity index (χ4n) is 5.45. The van der Waals surface area contributed by atoms with Crippen LogP contribution in [0.5, 0.6) is 0 Å². The van der Waals surface area contributed by atoms with Gasteiger partial charge in [0.2, 0.25) is 5.91 Å². The minimum absolute atomic E-state index is 0.185. The second kappa shape index (κ2) is 26.2. The van der Waals surface area contributed by atoms with Crippen LogP contribution in [0.1, 0.15) is 142 Å². The molecule has 0 aromatic rings. The fraction of sp³-hybridized carbons (Fsp3) is 0.912. The number of amides is 1. The molecule has 0 aromatic carbocycles. The van der Waals surface area contributed by atoms with Gasteiger partial charge in [0, 0.05) is 6.42 Å². The van der Waals surface area contributed by atoms with Gasteiger partial charge in [0.25, 0.3) is 0 Å². The quantitative estimate of drug-likeness (QED) is 0.0556. The summed E-state index contributed by atoms with van der Waals surface area (Å²) in [6, 6.07) is -0.794. The van der Waals surface area contributed by atoms with Crippen LogP contribution >= 0.6 is 0 Å². The van der Waals surface area contributed by atoms with Crippen molar-refractivity contribution in [3.8, 4) is 0 Å². The number of carbonyl (C=O) groups is 1. The molecule has 1 rings (SSSR count). The van der Waals surface area contributed by atoms with Gasteiger partial charge in [0.1, 0.15) is 24.4 Å². The van der Waals surface area contributed by atoms with Crippen LogP contribution in [-0.2, 0) is 14.3 Å². The summed E-state index contributed by atoms with van der Waals surface area (Å²) in [5.74, 6) is -0.185. The van der Waals surface area contributed by atoms with Gasteiger partial charge in [0.05, 0.1) is 25.4 Å². The van der Waals surface area contributed by atoms with E-state index in [9.17, 15) is 30.3 Å². The Bertz CT molecular complexity index is 691. The smallest absolute Gasteiger partial charge is 0.220 e. The maximum absolute atomic E-state index is 12.7. The van der Waals surface area contributed by atoms with Crippen molar-refractivity contribution >= 4 is 5.91 Å². The van der Waals surface area contributed by atoms with E-state index >= 15 is 0 Å². The van der Waals surface area contributed by atoms with Gasteiger partial charge in [-0.25, -0.2) is 0 Å². The molecule has 1 aliphatic heterocycles. The molecule has 1 amide bonds. The van der Waals surface area contributed by atoms with E-state index < -0.39 is 49.5 Å². The highest BCUT2D eigenvalue weighted by Crippen LogP contribution is 2.22. The molecule has 254 valence electrons. The van der Waals surface area contributed by atoms with Crippen molar-refractivity contribution in [3.05, 3.63) is 12.2 Å². The van der Waals surface area contributed by atoms with Crippen LogP contribution in [0, 0.1) is 0 Å². The Morgan fingerprint density at radius 1 is 0.767 bits per heavy atom. The van der Waals surface area contributed by atoms with E-state index in [0.29, 0.717) is 6.42 Å². The Morgan fingerprint density at radius 3 is 1.81 bits per heavy atom. The van der Waals surface area contributed by atoms with Crippen molar-refractivity contribution in [1.29, 1.82) is 0 Å². The van der Waals surface area contributed by atoms with Crippen LogP contribution in [-0.4, -0.2) is 87.5 Å². The second-order valence-corrected chi connectivity index (χ2v) is 12.3. The van der Waals surface area contributed by atoms with Crippen LogP contribution in [0.15, 0.2) is 12.2 Å². The highest BCUT2D eigenvalue weighted by atomic mass is 16.7. The summed E-state index contributed by atoms with van der Waals surface area (Å²) in [5.41, 5.74) is 0. The molecule has 0 aromatic heterocycles. The predicted octanol–water partition coefficient (Wildman–Crippen LogP) is 5.05. The highest BCUT2D eigenvalue weighted by molar-refractivity contribution is 5.76. The molecule has 0 radical (unpaired) electrons. The minimum Gasteiger partial charge on any atom is -0.394 e. The van der Waals surface area contributed by atoms with E-state index in [1.807, 2.05) is 6.08 Å². The van der Waals surface area contributed by atoms with Gasteiger partial charge in [-0.15, -0.1) is 0 Å². The molecule has 7 atom stereocenters. The molecule has 1 fully saturated rings. The van der Waals surface area contributed by atoms with Gasteiger partial charge in [-0.1, -0.05) is 129 Å². The van der Waals surface area contributed by atoms with E-state index in [0.717, 1.165) is 38.5 Å². The standard InChI is InChI=1S/C34H65NO8/c1-3-5-7-9-11-13-14-15-16-17-19-21-23-28(37)27(35-30(38)24-22-20-18-12-10-8-6-4-2)26-42-34-33(41)32(40)31(39)29(25-36)43-34/h21,23,27-29,31-34,36-37,39-41H,3-20,22,24-26H2,1-2H3,(H,35,38)/b23-21+/t27-,28+,29+,31-,32?,33?,34+/m0/s1. The van der Waals surface area contributed by atoms with Crippen LogP contribution in [0.2, 0.25) is 0 Å². The van der Waals surface area contributed by atoms with Gasteiger partial charge in [-0.3, -0.25) is 4.79 Å². The lowest BCUT2D eigenvalue weighted by Crippen LogP contribution is -2.60. The van der Waals surface area contributed by atoms with E-state index in [4.69, 9.17) is 9.47 Å². The molecule has 0 spiro atoms. The number of unbranched alkanes of at least 4 members (excludes halogenated alkanes) is 17. The van der Waals surface area contributed by atoms with Gasteiger partial charge >= 0.3 is 0 Å². The molecular weight excluding hydrogens is 550 g/mol. The number of allylic oxidation sites excluding steroid dienone is 1. The number of hydrogen-bond donors (Lipinski definition) is 6. The normalized spacial score (nSPS) is 23.9. The fourth-order valence-corrected chi connectivity index (χ4v) is 5.45. The summed E-state index contributed by atoms with van der Waals surface area (Å²) < 4.78 is 11.1. The molecule has 43 heavy (non-hydrogen) atoms. The van der Waals surface area contributed by atoms with E-state index in [-0.39, 0.29) is 12.5 Å². The summed E-state index contributed by atoms with van der Waals surface area (Å²) in [7, 11) is 0. The monoisotopic (exact) mass is 615 g/mol. The largest absolute Gasteiger partial charge is 0.394 e. The van der Waals surface area contributed by atoms with Crippen molar-refractivity contribution in [3.63, 3.8) is 0 Å². The zero-order valence-corrected chi connectivity index (χ0v) is 27.2. The molecule has 1 saturated heterocycles. The Hall–Kier alpha value is -1.07. The van der Waals surface area contributed by atoms with E-state index in [2.05, 4.69) is 19.2 Å². The van der Waals surface area contributed by atoms with Crippen molar-refractivity contribution < 1.29 is 39.8 Å². The molecule has 1 heterocycles. The first-order valence-electron chi connectivity index (χ1n) is 17.4. The second-order valence-electron chi connectivity index (χ2n) is 12.3. The topological polar surface area (TPSA) is 149 Å². The molecule has 0 aliphatic carbocycles. The van der Waals surface area contributed by atoms with E-state index in [1.165, 1.54) is 83.5 Å². The van der Waals surface area contributed by atoms with Crippen LogP contribution in [0.25, 0.3) is 0 Å². The van der Waals surface area contributed by atoms with Gasteiger partial charge < -0.3 is 40.3 Å². The lowest BCUT2D eigenvalue weighted by Gasteiger charge is -2.40. The number of aliphatic hydroxyl groups excluding tert-OH is 5. The van der Waals surface area contributed by atoms with Crippen molar-refractivity contribution in [2.75, 3.05) is 13.2 Å². The Morgan fingerprint density at radius 2 is 1.28 bits per heavy atom. The first-order chi connectivity index (χ1) is 20.8. The summed E-state index contributed by atoms with van der Waals surface area (Å²) in [6.45, 7) is 3.69. The zero-order valence-electron chi connectivity index (χ0n) is 27.2. The third kappa shape index (κ3) is 18.5.